The van der Waals surface area contributed by atoms with Crippen LogP contribution in [-0.4, -0.2) is 42.6 Å². The molecule has 0 spiro atoms. The zero-order valence-corrected chi connectivity index (χ0v) is 13.6. The number of nitrogens with one attached hydrogen (secondary N) is 1. The molecule has 6 nitrogen and oxygen atoms in total. The van der Waals surface area contributed by atoms with Crippen LogP contribution in [0.15, 0.2) is 4.52 Å². The number of alkyl halides is 3. The molecule has 1 amide bonds. The molecular weight excluding hydrogens is 329 g/mol. The molecule has 1 saturated heterocycles. The van der Waals surface area contributed by atoms with Crippen molar-refractivity contribution in [2.45, 2.75) is 58.0 Å². The van der Waals surface area contributed by atoms with E-state index in [-0.39, 0.29) is 19.3 Å². The predicted octanol–water partition coefficient (Wildman–Crippen LogP) is 2.42. The van der Waals surface area contributed by atoms with E-state index in [4.69, 9.17) is 14.0 Å². The van der Waals surface area contributed by atoms with E-state index in [9.17, 15) is 18.0 Å². The summed E-state index contributed by atoms with van der Waals surface area (Å²) in [5.74, 6) is 0.0140. The van der Waals surface area contributed by atoms with E-state index in [0.29, 0.717) is 18.8 Å². The van der Waals surface area contributed by atoms with Crippen LogP contribution in [0.2, 0.25) is 0 Å². The molecule has 2 atom stereocenters. The maximum atomic E-state index is 12.2. The Kier molecular flexibility index (Phi) is 6.22. The van der Waals surface area contributed by atoms with Crippen molar-refractivity contribution in [1.82, 2.24) is 10.5 Å². The lowest BCUT2D eigenvalue weighted by molar-refractivity contribution is -0.146. The summed E-state index contributed by atoms with van der Waals surface area (Å²) in [5, 5.41) is 6.45. The molecule has 1 aromatic rings. The first-order valence-corrected chi connectivity index (χ1v) is 7.73. The van der Waals surface area contributed by atoms with Crippen molar-refractivity contribution in [2.24, 2.45) is 0 Å². The highest BCUT2D eigenvalue weighted by Crippen LogP contribution is 2.22. The van der Waals surface area contributed by atoms with E-state index >= 15 is 0 Å². The number of carbonyl (C=O) groups is 1. The Morgan fingerprint density at radius 2 is 2.17 bits per heavy atom. The fourth-order valence-corrected chi connectivity index (χ4v) is 2.47. The first-order valence-electron chi connectivity index (χ1n) is 7.73. The molecule has 0 unspecified atom stereocenters. The molecule has 2 rings (SSSR count). The lowest BCUT2D eigenvalue weighted by atomic mass is 10.1. The average molecular weight is 350 g/mol. The fourth-order valence-electron chi connectivity index (χ4n) is 2.47. The van der Waals surface area contributed by atoms with Crippen molar-refractivity contribution < 1.29 is 32.0 Å². The van der Waals surface area contributed by atoms with Crippen LogP contribution in [0.25, 0.3) is 0 Å². The number of amides is 1. The summed E-state index contributed by atoms with van der Waals surface area (Å²) in [4.78, 5) is 11.7. The largest absolute Gasteiger partial charge is 0.389 e. The monoisotopic (exact) mass is 350 g/mol. The first kappa shape index (κ1) is 18.7. The third-order valence-corrected chi connectivity index (χ3v) is 3.91. The van der Waals surface area contributed by atoms with Crippen molar-refractivity contribution in [1.29, 1.82) is 0 Å². The summed E-state index contributed by atoms with van der Waals surface area (Å²) < 4.78 is 52.7. The van der Waals surface area contributed by atoms with Crippen LogP contribution in [0.5, 0.6) is 0 Å². The minimum absolute atomic E-state index is 0.240. The number of carbonyl (C=O) groups excluding carboxylic acids is 1. The normalized spacial score (nSPS) is 21.7. The van der Waals surface area contributed by atoms with Gasteiger partial charge in [-0.05, 0) is 20.3 Å². The Bertz CT molecular complexity index is 540. The highest BCUT2D eigenvalue weighted by molar-refractivity contribution is 5.76. The van der Waals surface area contributed by atoms with Gasteiger partial charge in [0.2, 0.25) is 5.91 Å². The van der Waals surface area contributed by atoms with Crippen LogP contribution < -0.4 is 5.32 Å². The number of nitrogens with zero attached hydrogens (tertiary/aromatic N) is 1. The minimum atomic E-state index is -4.34. The smallest absolute Gasteiger partial charge is 0.379 e. The molecule has 9 heteroatoms. The van der Waals surface area contributed by atoms with Crippen LogP contribution in [0.1, 0.15) is 36.3 Å². The molecule has 136 valence electrons. The van der Waals surface area contributed by atoms with Crippen LogP contribution in [-0.2, 0) is 20.9 Å². The standard InChI is InChI=1S/C15H21F3N2O4/c1-9-11(10(2)24-20-9)7-23-13-8-22-6-4-12(13)19-14(21)3-5-15(16,17)18/h12-13H,3-8H2,1-2H3,(H,19,21)/t12-,13-/m1/s1. The number of aryl methyl sites for hydroxylation is 2. The molecule has 0 bridgehead atoms. The van der Waals surface area contributed by atoms with Crippen molar-refractivity contribution in [3.8, 4) is 0 Å². The highest BCUT2D eigenvalue weighted by atomic mass is 19.4. The van der Waals surface area contributed by atoms with Gasteiger partial charge in [0.1, 0.15) is 11.9 Å². The molecule has 0 saturated carbocycles. The van der Waals surface area contributed by atoms with Crippen molar-refractivity contribution >= 4 is 5.91 Å². The predicted molar refractivity (Wildman–Crippen MR) is 77.2 cm³/mol. The fraction of sp³-hybridized carbons (Fsp3) is 0.733. The lowest BCUT2D eigenvalue weighted by Gasteiger charge is -2.32. The Hall–Kier alpha value is -1.61. The minimum Gasteiger partial charge on any atom is -0.379 e. The Morgan fingerprint density at radius 1 is 1.42 bits per heavy atom. The van der Waals surface area contributed by atoms with Gasteiger partial charge in [-0.25, -0.2) is 0 Å². The first-order chi connectivity index (χ1) is 11.3. The molecule has 2 heterocycles. The van der Waals surface area contributed by atoms with Crippen molar-refractivity contribution in [2.75, 3.05) is 13.2 Å². The second kappa shape index (κ2) is 7.98. The maximum absolute atomic E-state index is 12.2. The van der Waals surface area contributed by atoms with Gasteiger partial charge in [-0.15, -0.1) is 0 Å². The number of hydrogen-bond donors (Lipinski definition) is 1. The Labute approximate surface area is 137 Å². The third-order valence-electron chi connectivity index (χ3n) is 3.91. The second-order valence-corrected chi connectivity index (χ2v) is 5.80. The van der Waals surface area contributed by atoms with Crippen molar-refractivity contribution in [3.63, 3.8) is 0 Å². The van der Waals surface area contributed by atoms with Crippen LogP contribution >= 0.6 is 0 Å². The zero-order valence-electron chi connectivity index (χ0n) is 13.6. The summed E-state index contributed by atoms with van der Waals surface area (Å²) >= 11 is 0. The van der Waals surface area contributed by atoms with Crippen LogP contribution in [0.3, 0.4) is 0 Å². The number of hydrogen-bond acceptors (Lipinski definition) is 5. The van der Waals surface area contributed by atoms with E-state index in [1.165, 1.54) is 0 Å². The van der Waals surface area contributed by atoms with Gasteiger partial charge in [0, 0.05) is 18.6 Å². The molecule has 0 aromatic carbocycles. The average Bonchev–Trinajstić information content (AvgIpc) is 2.83. The number of aromatic nitrogens is 1. The van der Waals surface area contributed by atoms with Gasteiger partial charge in [0.15, 0.2) is 0 Å². The lowest BCUT2D eigenvalue weighted by Crippen LogP contribution is -2.50. The molecule has 1 aromatic heterocycles. The zero-order chi connectivity index (χ0) is 17.7. The van der Waals surface area contributed by atoms with E-state index in [1.54, 1.807) is 13.8 Å². The van der Waals surface area contributed by atoms with Gasteiger partial charge in [0.05, 0.1) is 31.4 Å². The number of ether oxygens (including phenoxy) is 2. The van der Waals surface area contributed by atoms with E-state index in [0.717, 1.165) is 11.3 Å². The van der Waals surface area contributed by atoms with Crippen LogP contribution in [0, 0.1) is 13.8 Å². The molecule has 24 heavy (non-hydrogen) atoms. The summed E-state index contributed by atoms with van der Waals surface area (Å²) in [6.07, 6.45) is -6.00. The Morgan fingerprint density at radius 3 is 2.79 bits per heavy atom. The second-order valence-electron chi connectivity index (χ2n) is 5.80. The molecule has 1 aliphatic rings. The molecular formula is C15H21F3N2O4. The number of rotatable bonds is 6. The summed E-state index contributed by atoms with van der Waals surface area (Å²) in [6.45, 7) is 4.50. The summed E-state index contributed by atoms with van der Waals surface area (Å²) in [7, 11) is 0. The SMILES string of the molecule is Cc1noc(C)c1CO[C@@H]1COCC[C@H]1NC(=O)CCC(F)(F)F. The van der Waals surface area contributed by atoms with Gasteiger partial charge < -0.3 is 19.3 Å². The maximum Gasteiger partial charge on any atom is 0.389 e. The van der Waals surface area contributed by atoms with E-state index in [2.05, 4.69) is 10.5 Å². The molecule has 1 aliphatic heterocycles. The topological polar surface area (TPSA) is 73.6 Å². The summed E-state index contributed by atoms with van der Waals surface area (Å²) in [5.41, 5.74) is 1.54. The van der Waals surface area contributed by atoms with Gasteiger partial charge in [0.25, 0.3) is 0 Å². The third kappa shape index (κ3) is 5.48. The van der Waals surface area contributed by atoms with Gasteiger partial charge in [-0.3, -0.25) is 4.79 Å². The Balaban J connectivity index is 1.87. The summed E-state index contributed by atoms with van der Waals surface area (Å²) in [6, 6.07) is -0.375. The highest BCUT2D eigenvalue weighted by Gasteiger charge is 2.31. The van der Waals surface area contributed by atoms with E-state index < -0.39 is 31.0 Å². The van der Waals surface area contributed by atoms with Crippen molar-refractivity contribution in [3.05, 3.63) is 17.0 Å². The quantitative estimate of drug-likeness (QED) is 0.853. The molecule has 0 aliphatic carbocycles. The molecule has 1 N–H and O–H groups in total. The van der Waals surface area contributed by atoms with Gasteiger partial charge in [-0.1, -0.05) is 5.16 Å². The molecule has 0 radical (unpaired) electrons. The number of halogens is 3. The molecule has 1 fully saturated rings. The van der Waals surface area contributed by atoms with Gasteiger partial charge in [-0.2, -0.15) is 13.2 Å². The van der Waals surface area contributed by atoms with E-state index in [1.807, 2.05) is 0 Å². The van der Waals surface area contributed by atoms with Crippen LogP contribution in [0.4, 0.5) is 13.2 Å². The van der Waals surface area contributed by atoms with Gasteiger partial charge >= 0.3 is 6.18 Å².